The van der Waals surface area contributed by atoms with Crippen molar-refractivity contribution in [2.24, 2.45) is 4.99 Å². The van der Waals surface area contributed by atoms with Crippen molar-refractivity contribution in [3.05, 3.63) is 70.7 Å². The molecule has 1 aliphatic heterocycles. The molecule has 7 heteroatoms. The Labute approximate surface area is 208 Å². The maximum Gasteiger partial charge on any atom is 0.191 e. The molecule has 0 aromatic heterocycles. The van der Waals surface area contributed by atoms with Crippen LogP contribution in [0, 0.1) is 0 Å². The predicted molar refractivity (Wildman–Crippen MR) is 141 cm³/mol. The fourth-order valence-electron chi connectivity index (χ4n) is 3.93. The van der Waals surface area contributed by atoms with E-state index in [1.807, 2.05) is 18.2 Å². The van der Waals surface area contributed by atoms with Gasteiger partial charge in [-0.1, -0.05) is 54.1 Å². The fraction of sp³-hybridized carbons (Fsp3) is 0.458. The van der Waals surface area contributed by atoms with Gasteiger partial charge in [-0.25, -0.2) is 0 Å². The molecule has 2 aromatic carbocycles. The molecule has 3 rings (SSSR count). The Kier molecular flexibility index (Phi) is 10.6. The Morgan fingerprint density at radius 1 is 1.03 bits per heavy atom. The van der Waals surface area contributed by atoms with Crippen molar-refractivity contribution in [2.45, 2.75) is 44.3 Å². The highest BCUT2D eigenvalue weighted by molar-refractivity contribution is 14.0. The summed E-state index contributed by atoms with van der Waals surface area (Å²) in [5, 5.41) is 11.6. The average Bonchev–Trinajstić information content (AvgIpc) is 2.77. The SMILES string of the molecule is CN=C(NCC1(NC(C)c2ccccc2)CCOCC1)NC(C)c1cccc(Cl)c1.I. The first-order valence-electron chi connectivity index (χ1n) is 10.6. The number of rotatable bonds is 7. The van der Waals surface area contributed by atoms with Crippen molar-refractivity contribution < 1.29 is 4.74 Å². The molecule has 31 heavy (non-hydrogen) atoms. The zero-order valence-electron chi connectivity index (χ0n) is 18.5. The van der Waals surface area contributed by atoms with Gasteiger partial charge in [-0.3, -0.25) is 4.99 Å². The third kappa shape index (κ3) is 7.63. The molecule has 2 aromatic rings. The molecule has 1 heterocycles. The second-order valence-electron chi connectivity index (χ2n) is 8.02. The number of halogens is 2. The molecule has 0 spiro atoms. The van der Waals surface area contributed by atoms with Crippen LogP contribution in [0.4, 0.5) is 0 Å². The molecule has 0 saturated carbocycles. The first kappa shape index (κ1) is 25.9. The van der Waals surface area contributed by atoms with E-state index in [0.29, 0.717) is 0 Å². The molecule has 1 fully saturated rings. The molecule has 0 amide bonds. The van der Waals surface area contributed by atoms with Gasteiger partial charge in [0.1, 0.15) is 0 Å². The lowest BCUT2D eigenvalue weighted by Crippen LogP contribution is -2.58. The summed E-state index contributed by atoms with van der Waals surface area (Å²) in [4.78, 5) is 4.43. The van der Waals surface area contributed by atoms with Crippen LogP contribution in [-0.2, 0) is 4.74 Å². The van der Waals surface area contributed by atoms with Gasteiger partial charge in [0.05, 0.1) is 6.04 Å². The molecule has 1 saturated heterocycles. The van der Waals surface area contributed by atoms with E-state index in [1.165, 1.54) is 5.56 Å². The summed E-state index contributed by atoms with van der Waals surface area (Å²) >= 11 is 6.15. The number of benzene rings is 2. The minimum Gasteiger partial charge on any atom is -0.381 e. The van der Waals surface area contributed by atoms with Gasteiger partial charge in [0, 0.05) is 43.4 Å². The Bertz CT molecular complexity index is 827. The van der Waals surface area contributed by atoms with Crippen LogP contribution in [0.3, 0.4) is 0 Å². The van der Waals surface area contributed by atoms with Crippen LogP contribution in [0.15, 0.2) is 59.6 Å². The van der Waals surface area contributed by atoms with E-state index in [9.17, 15) is 0 Å². The minimum atomic E-state index is -0.0512. The number of nitrogens with zero attached hydrogens (tertiary/aromatic N) is 1. The van der Waals surface area contributed by atoms with Crippen molar-refractivity contribution >= 4 is 41.5 Å². The molecule has 2 atom stereocenters. The number of nitrogens with one attached hydrogen (secondary N) is 3. The lowest BCUT2D eigenvalue weighted by Gasteiger charge is -2.41. The Hall–Kier alpha value is -1.35. The van der Waals surface area contributed by atoms with E-state index >= 15 is 0 Å². The Morgan fingerprint density at radius 2 is 1.71 bits per heavy atom. The molecule has 0 radical (unpaired) electrons. The predicted octanol–water partition coefficient (Wildman–Crippen LogP) is 5.08. The Morgan fingerprint density at radius 3 is 2.35 bits per heavy atom. The second-order valence-corrected chi connectivity index (χ2v) is 8.45. The van der Waals surface area contributed by atoms with Gasteiger partial charge in [0.15, 0.2) is 5.96 Å². The zero-order chi connectivity index (χ0) is 21.4. The first-order valence-corrected chi connectivity index (χ1v) is 11.0. The van der Waals surface area contributed by atoms with Crippen molar-refractivity contribution in [1.82, 2.24) is 16.0 Å². The summed E-state index contributed by atoms with van der Waals surface area (Å²) < 4.78 is 5.65. The molecule has 0 bridgehead atoms. The summed E-state index contributed by atoms with van der Waals surface area (Å²) in [5.41, 5.74) is 2.37. The van der Waals surface area contributed by atoms with Crippen molar-refractivity contribution in [3.8, 4) is 0 Å². The van der Waals surface area contributed by atoms with Gasteiger partial charge in [-0.15, -0.1) is 24.0 Å². The van der Waals surface area contributed by atoms with Gasteiger partial charge >= 0.3 is 0 Å². The number of ether oxygens (including phenoxy) is 1. The molecular weight excluding hydrogens is 523 g/mol. The van der Waals surface area contributed by atoms with Crippen LogP contribution in [0.2, 0.25) is 5.02 Å². The highest BCUT2D eigenvalue weighted by atomic mass is 127. The molecule has 2 unspecified atom stereocenters. The first-order chi connectivity index (χ1) is 14.5. The number of hydrogen-bond acceptors (Lipinski definition) is 3. The molecule has 0 aliphatic carbocycles. The molecule has 1 aliphatic rings. The van der Waals surface area contributed by atoms with Crippen LogP contribution >= 0.6 is 35.6 Å². The summed E-state index contributed by atoms with van der Waals surface area (Å²) in [6.07, 6.45) is 1.91. The van der Waals surface area contributed by atoms with E-state index in [1.54, 1.807) is 7.05 Å². The third-order valence-electron chi connectivity index (χ3n) is 5.79. The van der Waals surface area contributed by atoms with Crippen LogP contribution in [-0.4, -0.2) is 38.3 Å². The smallest absolute Gasteiger partial charge is 0.191 e. The number of aliphatic imine (C=N–C) groups is 1. The van der Waals surface area contributed by atoms with E-state index in [-0.39, 0.29) is 41.6 Å². The van der Waals surface area contributed by atoms with E-state index in [2.05, 4.69) is 71.2 Å². The third-order valence-corrected chi connectivity index (χ3v) is 6.03. The lowest BCUT2D eigenvalue weighted by molar-refractivity contribution is 0.0354. The summed E-state index contributed by atoms with van der Waals surface area (Å²) in [6.45, 7) is 6.64. The Balaban J connectivity index is 0.00000341. The van der Waals surface area contributed by atoms with Gasteiger partial charge < -0.3 is 20.7 Å². The average molecular weight is 557 g/mol. The fourth-order valence-corrected chi connectivity index (χ4v) is 4.13. The van der Waals surface area contributed by atoms with E-state index in [0.717, 1.165) is 49.1 Å². The maximum atomic E-state index is 6.15. The van der Waals surface area contributed by atoms with Gasteiger partial charge in [0.2, 0.25) is 0 Å². The highest BCUT2D eigenvalue weighted by Gasteiger charge is 2.34. The molecular formula is C24H34ClIN4O. The monoisotopic (exact) mass is 556 g/mol. The quantitative estimate of drug-likeness (QED) is 0.253. The highest BCUT2D eigenvalue weighted by Crippen LogP contribution is 2.25. The van der Waals surface area contributed by atoms with Crippen LogP contribution in [0.25, 0.3) is 0 Å². The summed E-state index contributed by atoms with van der Waals surface area (Å²) in [6, 6.07) is 18.8. The number of guanidine groups is 1. The van der Waals surface area contributed by atoms with E-state index < -0.39 is 0 Å². The van der Waals surface area contributed by atoms with Crippen molar-refractivity contribution in [3.63, 3.8) is 0 Å². The van der Waals surface area contributed by atoms with Gasteiger partial charge in [-0.2, -0.15) is 0 Å². The topological polar surface area (TPSA) is 57.7 Å². The lowest BCUT2D eigenvalue weighted by atomic mass is 9.88. The normalized spacial score (nSPS) is 17.9. The van der Waals surface area contributed by atoms with Crippen LogP contribution in [0.5, 0.6) is 0 Å². The van der Waals surface area contributed by atoms with Crippen LogP contribution < -0.4 is 16.0 Å². The summed E-state index contributed by atoms with van der Waals surface area (Å²) in [7, 11) is 1.80. The minimum absolute atomic E-state index is 0. The second kappa shape index (κ2) is 12.6. The molecule has 3 N–H and O–H groups in total. The van der Waals surface area contributed by atoms with Gasteiger partial charge in [0.25, 0.3) is 0 Å². The molecule has 5 nitrogen and oxygen atoms in total. The molecule has 170 valence electrons. The summed E-state index contributed by atoms with van der Waals surface area (Å²) in [5.74, 6) is 0.780. The van der Waals surface area contributed by atoms with Crippen molar-refractivity contribution in [1.29, 1.82) is 0 Å². The van der Waals surface area contributed by atoms with Crippen LogP contribution in [0.1, 0.15) is 49.9 Å². The maximum absolute atomic E-state index is 6.15. The zero-order valence-corrected chi connectivity index (χ0v) is 21.6. The van der Waals surface area contributed by atoms with Crippen molar-refractivity contribution in [2.75, 3.05) is 26.8 Å². The van der Waals surface area contributed by atoms with Gasteiger partial charge in [-0.05, 0) is 49.9 Å². The number of hydrogen-bond donors (Lipinski definition) is 3. The largest absolute Gasteiger partial charge is 0.381 e. The van der Waals surface area contributed by atoms with E-state index in [4.69, 9.17) is 16.3 Å². The standard InChI is InChI=1S/C24H33ClN4O.HI/c1-18(21-10-7-11-22(25)16-21)28-23(26-3)27-17-24(12-14-30-15-13-24)29-19(2)20-8-5-4-6-9-20;/h4-11,16,18-19,29H,12-15,17H2,1-3H3,(H2,26,27,28);1H.